The molecule has 1 fully saturated rings. The van der Waals surface area contributed by atoms with Gasteiger partial charge in [0.15, 0.2) is 5.69 Å². The Morgan fingerprint density at radius 3 is 3.06 bits per heavy atom. The van der Waals surface area contributed by atoms with Crippen LogP contribution in [-0.4, -0.2) is 30.8 Å². The highest BCUT2D eigenvalue weighted by Crippen LogP contribution is 2.29. The molecule has 1 saturated heterocycles. The van der Waals surface area contributed by atoms with Crippen LogP contribution in [0.25, 0.3) is 0 Å². The summed E-state index contributed by atoms with van der Waals surface area (Å²) in [6, 6.07) is 0. The first kappa shape index (κ1) is 11.5. The third-order valence-corrected chi connectivity index (χ3v) is 3.58. The molecule has 0 aromatic carbocycles. The molecule has 0 bridgehead atoms. The zero-order chi connectivity index (χ0) is 11.4. The summed E-state index contributed by atoms with van der Waals surface area (Å²) < 4.78 is 10.2. The summed E-state index contributed by atoms with van der Waals surface area (Å²) >= 11 is 1.54. The van der Waals surface area contributed by atoms with E-state index in [-0.39, 0.29) is 5.97 Å². The van der Waals surface area contributed by atoms with Gasteiger partial charge in [-0.25, -0.2) is 9.78 Å². The minimum absolute atomic E-state index is 0.322. The van der Waals surface area contributed by atoms with Gasteiger partial charge >= 0.3 is 5.97 Å². The predicted molar refractivity (Wildman–Crippen MR) is 60.9 cm³/mol. The lowest BCUT2D eigenvalue weighted by atomic mass is 10.0. The third kappa shape index (κ3) is 2.59. The number of esters is 1. The molecule has 1 aliphatic rings. The van der Waals surface area contributed by atoms with Crippen molar-refractivity contribution in [2.24, 2.45) is 0 Å². The van der Waals surface area contributed by atoms with E-state index >= 15 is 0 Å². The Labute approximate surface area is 98.6 Å². The monoisotopic (exact) mass is 241 g/mol. The van der Waals surface area contributed by atoms with Crippen LogP contribution < -0.4 is 0 Å². The van der Waals surface area contributed by atoms with Crippen molar-refractivity contribution in [2.75, 3.05) is 19.8 Å². The van der Waals surface area contributed by atoms with Gasteiger partial charge in [0, 0.05) is 24.5 Å². The van der Waals surface area contributed by atoms with E-state index in [1.807, 2.05) is 0 Å². The highest BCUT2D eigenvalue weighted by molar-refractivity contribution is 7.09. The van der Waals surface area contributed by atoms with Crippen molar-refractivity contribution >= 4 is 17.3 Å². The van der Waals surface area contributed by atoms with Gasteiger partial charge in [-0.1, -0.05) is 0 Å². The number of rotatable bonds is 3. The maximum atomic E-state index is 11.4. The number of ether oxygens (including phenoxy) is 2. The number of aromatic nitrogens is 1. The van der Waals surface area contributed by atoms with E-state index in [9.17, 15) is 4.79 Å². The lowest BCUT2D eigenvalue weighted by molar-refractivity contribution is 0.0519. The summed E-state index contributed by atoms with van der Waals surface area (Å²) in [5, 5.41) is 2.81. The summed E-state index contributed by atoms with van der Waals surface area (Å²) in [5.41, 5.74) is 0.438. The van der Waals surface area contributed by atoms with Crippen LogP contribution in [0.1, 0.15) is 41.2 Å². The second kappa shape index (κ2) is 5.41. The van der Waals surface area contributed by atoms with Crippen LogP contribution in [0.2, 0.25) is 0 Å². The fourth-order valence-corrected chi connectivity index (χ4v) is 2.68. The zero-order valence-electron chi connectivity index (χ0n) is 9.27. The molecule has 16 heavy (non-hydrogen) atoms. The van der Waals surface area contributed by atoms with Crippen molar-refractivity contribution in [3.05, 3.63) is 16.1 Å². The van der Waals surface area contributed by atoms with Gasteiger partial charge in [-0.2, -0.15) is 0 Å². The molecule has 88 valence electrons. The fourth-order valence-electron chi connectivity index (χ4n) is 1.72. The summed E-state index contributed by atoms with van der Waals surface area (Å²) in [6.07, 6.45) is 1.99. The van der Waals surface area contributed by atoms with Crippen LogP contribution in [0.15, 0.2) is 5.38 Å². The molecule has 0 saturated carbocycles. The molecule has 0 radical (unpaired) electrons. The van der Waals surface area contributed by atoms with Gasteiger partial charge in [0.1, 0.15) is 0 Å². The molecule has 1 aromatic rings. The molecule has 1 aromatic heterocycles. The summed E-state index contributed by atoms with van der Waals surface area (Å²) in [6.45, 7) is 3.77. The molecule has 0 amide bonds. The first-order valence-corrected chi connectivity index (χ1v) is 6.39. The number of hydrogen-bond donors (Lipinski definition) is 0. The van der Waals surface area contributed by atoms with Crippen molar-refractivity contribution in [2.45, 2.75) is 25.7 Å². The molecule has 0 N–H and O–H groups in total. The van der Waals surface area contributed by atoms with Gasteiger partial charge in [-0.15, -0.1) is 11.3 Å². The van der Waals surface area contributed by atoms with Crippen molar-refractivity contribution < 1.29 is 14.3 Å². The van der Waals surface area contributed by atoms with E-state index in [1.165, 1.54) is 0 Å². The van der Waals surface area contributed by atoms with Crippen LogP contribution >= 0.6 is 11.3 Å². The highest BCUT2D eigenvalue weighted by Gasteiger charge is 2.21. The Kier molecular flexibility index (Phi) is 3.90. The van der Waals surface area contributed by atoms with Crippen molar-refractivity contribution in [1.29, 1.82) is 0 Å². The van der Waals surface area contributed by atoms with Crippen molar-refractivity contribution in [3.63, 3.8) is 0 Å². The third-order valence-electron chi connectivity index (χ3n) is 2.58. The quantitative estimate of drug-likeness (QED) is 0.761. The molecule has 2 rings (SSSR count). The lowest BCUT2D eigenvalue weighted by Gasteiger charge is -2.19. The second-order valence-corrected chi connectivity index (χ2v) is 4.57. The minimum Gasteiger partial charge on any atom is -0.461 e. The van der Waals surface area contributed by atoms with Gasteiger partial charge in [0.2, 0.25) is 0 Å². The molecular weight excluding hydrogens is 226 g/mol. The van der Waals surface area contributed by atoms with E-state index in [1.54, 1.807) is 23.6 Å². The van der Waals surface area contributed by atoms with Gasteiger partial charge in [0.05, 0.1) is 11.6 Å². The lowest BCUT2D eigenvalue weighted by Crippen LogP contribution is -2.14. The normalized spacial score (nSPS) is 17.3. The Hall–Kier alpha value is -0.940. The molecule has 0 atom stereocenters. The maximum Gasteiger partial charge on any atom is 0.357 e. The Bertz CT molecular complexity index is 358. The first-order valence-electron chi connectivity index (χ1n) is 5.51. The van der Waals surface area contributed by atoms with Crippen LogP contribution in [-0.2, 0) is 9.47 Å². The number of nitrogens with zero attached hydrogens (tertiary/aromatic N) is 1. The van der Waals surface area contributed by atoms with E-state index in [4.69, 9.17) is 9.47 Å². The average molecular weight is 241 g/mol. The van der Waals surface area contributed by atoms with Gasteiger partial charge < -0.3 is 9.47 Å². The zero-order valence-corrected chi connectivity index (χ0v) is 10.1. The number of hydrogen-bond acceptors (Lipinski definition) is 5. The number of carbonyl (C=O) groups excluding carboxylic acids is 1. The molecule has 2 heterocycles. The minimum atomic E-state index is -0.322. The fraction of sp³-hybridized carbons (Fsp3) is 0.636. The van der Waals surface area contributed by atoms with Crippen molar-refractivity contribution in [1.82, 2.24) is 4.98 Å². The van der Waals surface area contributed by atoms with E-state index in [0.29, 0.717) is 18.2 Å². The van der Waals surface area contributed by atoms with Crippen LogP contribution in [0, 0.1) is 0 Å². The molecule has 0 unspecified atom stereocenters. The van der Waals surface area contributed by atoms with Crippen molar-refractivity contribution in [3.8, 4) is 0 Å². The van der Waals surface area contributed by atoms with Crippen LogP contribution in [0.4, 0.5) is 0 Å². The Balaban J connectivity index is 2.03. The largest absolute Gasteiger partial charge is 0.461 e. The topological polar surface area (TPSA) is 48.4 Å². The van der Waals surface area contributed by atoms with Crippen LogP contribution in [0.5, 0.6) is 0 Å². The van der Waals surface area contributed by atoms with Gasteiger partial charge in [-0.05, 0) is 19.8 Å². The Morgan fingerprint density at radius 2 is 2.38 bits per heavy atom. The summed E-state index contributed by atoms with van der Waals surface area (Å²) in [5.74, 6) is 0.124. The number of thiazole rings is 1. The number of carbonyl (C=O) groups is 1. The van der Waals surface area contributed by atoms with E-state index in [2.05, 4.69) is 4.98 Å². The predicted octanol–water partition coefficient (Wildman–Crippen LogP) is 2.21. The highest BCUT2D eigenvalue weighted by atomic mass is 32.1. The molecule has 0 aliphatic carbocycles. The van der Waals surface area contributed by atoms with Gasteiger partial charge in [-0.3, -0.25) is 0 Å². The summed E-state index contributed by atoms with van der Waals surface area (Å²) in [7, 11) is 0. The SMILES string of the molecule is CCOC(=O)c1csc(C2CCOCC2)n1. The average Bonchev–Trinajstić information content (AvgIpc) is 2.80. The Morgan fingerprint density at radius 1 is 1.62 bits per heavy atom. The van der Waals surface area contributed by atoms with E-state index < -0.39 is 0 Å². The van der Waals surface area contributed by atoms with Crippen LogP contribution in [0.3, 0.4) is 0 Å². The molecular formula is C11H15NO3S. The smallest absolute Gasteiger partial charge is 0.357 e. The second-order valence-electron chi connectivity index (χ2n) is 3.68. The van der Waals surface area contributed by atoms with E-state index in [0.717, 1.165) is 31.1 Å². The maximum absolute atomic E-state index is 11.4. The first-order chi connectivity index (χ1) is 7.81. The van der Waals surface area contributed by atoms with Gasteiger partial charge in [0.25, 0.3) is 0 Å². The molecule has 1 aliphatic heterocycles. The molecule has 5 heteroatoms. The molecule has 4 nitrogen and oxygen atoms in total. The molecule has 0 spiro atoms. The standard InChI is InChI=1S/C11H15NO3S/c1-2-15-11(13)9-7-16-10(12-9)8-3-5-14-6-4-8/h7-8H,2-6H2,1H3. The summed E-state index contributed by atoms with van der Waals surface area (Å²) in [4.78, 5) is 15.8.